The van der Waals surface area contributed by atoms with E-state index in [-0.39, 0.29) is 11.8 Å². The van der Waals surface area contributed by atoms with Crippen molar-refractivity contribution in [3.63, 3.8) is 0 Å². The van der Waals surface area contributed by atoms with Crippen molar-refractivity contribution in [2.24, 2.45) is 7.05 Å². The molecular weight excluding hydrogens is 384 g/mol. The fourth-order valence-corrected chi connectivity index (χ4v) is 5.54. The Hall–Kier alpha value is -2.02. The summed E-state index contributed by atoms with van der Waals surface area (Å²) in [5.41, 5.74) is 0.740. The third-order valence-corrected chi connectivity index (χ3v) is 7.35. The quantitative estimate of drug-likeness (QED) is 0.697. The smallest absolute Gasteiger partial charge is 0.233 e. The second kappa shape index (κ2) is 8.38. The van der Waals surface area contributed by atoms with Crippen molar-refractivity contribution in [3.05, 3.63) is 35.7 Å². The summed E-state index contributed by atoms with van der Waals surface area (Å²) in [6.07, 6.45) is 8.16. The zero-order chi connectivity index (χ0) is 20.4. The summed E-state index contributed by atoms with van der Waals surface area (Å²) in [5.74, 6) is 2.37. The van der Waals surface area contributed by atoms with Gasteiger partial charge in [0.25, 0.3) is 0 Å². The SMILES string of the molecule is COc1ccc(C2(C(=O)N3CCC[C@@H](c4nnc(SC)n4C)C3)CCCC2)cc1. The normalized spacial score (nSPS) is 21.3. The van der Waals surface area contributed by atoms with Gasteiger partial charge in [-0.3, -0.25) is 4.79 Å². The molecule has 1 amide bonds. The Kier molecular flexibility index (Phi) is 5.86. The van der Waals surface area contributed by atoms with E-state index in [9.17, 15) is 4.79 Å². The molecule has 1 aromatic carbocycles. The van der Waals surface area contributed by atoms with Gasteiger partial charge in [-0.15, -0.1) is 10.2 Å². The predicted octanol–water partition coefficient (Wildman–Crippen LogP) is 3.76. The summed E-state index contributed by atoms with van der Waals surface area (Å²) in [7, 11) is 3.70. The van der Waals surface area contributed by atoms with Crippen LogP contribution in [0, 0.1) is 0 Å². The van der Waals surface area contributed by atoms with Gasteiger partial charge in [-0.1, -0.05) is 36.7 Å². The first-order valence-corrected chi connectivity index (χ1v) is 11.7. The number of carbonyl (C=O) groups is 1. The maximum atomic E-state index is 13.8. The molecule has 1 aliphatic carbocycles. The summed E-state index contributed by atoms with van der Waals surface area (Å²) in [6, 6.07) is 8.12. The van der Waals surface area contributed by atoms with E-state index in [2.05, 4.69) is 31.8 Å². The van der Waals surface area contributed by atoms with E-state index < -0.39 is 5.41 Å². The average molecular weight is 415 g/mol. The van der Waals surface area contributed by atoms with E-state index >= 15 is 0 Å². The molecule has 0 N–H and O–H groups in total. The molecule has 2 aromatic rings. The number of likely N-dealkylation sites (tertiary alicyclic amines) is 1. The number of amides is 1. The van der Waals surface area contributed by atoms with Crippen LogP contribution in [0.25, 0.3) is 0 Å². The summed E-state index contributed by atoms with van der Waals surface area (Å²) in [4.78, 5) is 15.9. The van der Waals surface area contributed by atoms with Crippen LogP contribution in [0.1, 0.15) is 55.8 Å². The van der Waals surface area contributed by atoms with Crippen molar-refractivity contribution in [2.75, 3.05) is 26.5 Å². The number of carbonyl (C=O) groups excluding carboxylic acids is 1. The Morgan fingerprint density at radius 1 is 1.17 bits per heavy atom. The lowest BCUT2D eigenvalue weighted by Gasteiger charge is -2.39. The molecule has 1 atom stereocenters. The Labute approximate surface area is 177 Å². The van der Waals surface area contributed by atoms with Crippen molar-refractivity contribution in [1.82, 2.24) is 19.7 Å². The number of methoxy groups -OCH3 is 1. The number of benzene rings is 1. The highest BCUT2D eigenvalue weighted by atomic mass is 32.2. The summed E-state index contributed by atoms with van der Waals surface area (Å²) >= 11 is 1.61. The highest BCUT2D eigenvalue weighted by Crippen LogP contribution is 2.44. The Morgan fingerprint density at radius 3 is 2.52 bits per heavy atom. The molecular formula is C22H30N4O2S. The number of hydrogen-bond acceptors (Lipinski definition) is 5. The summed E-state index contributed by atoms with van der Waals surface area (Å²) < 4.78 is 7.40. The topological polar surface area (TPSA) is 60.2 Å². The second-order valence-corrected chi connectivity index (χ2v) is 8.99. The standard InChI is InChI=1S/C22H30N4O2S/c1-25-19(23-24-21(25)29-3)16-7-6-14-26(15-16)20(27)22(12-4-5-13-22)17-8-10-18(28-2)11-9-17/h8-11,16H,4-7,12-15H2,1-3H3/t16-/m1/s1. The van der Waals surface area contributed by atoms with Gasteiger partial charge in [0.1, 0.15) is 11.6 Å². The number of hydrogen-bond donors (Lipinski definition) is 0. The average Bonchev–Trinajstić information content (AvgIpc) is 3.41. The van der Waals surface area contributed by atoms with E-state index in [1.807, 2.05) is 25.4 Å². The number of piperidine rings is 1. The zero-order valence-corrected chi connectivity index (χ0v) is 18.4. The molecule has 4 rings (SSSR count). The predicted molar refractivity (Wildman–Crippen MR) is 114 cm³/mol. The van der Waals surface area contributed by atoms with Crippen LogP contribution in [0.15, 0.2) is 29.4 Å². The maximum absolute atomic E-state index is 13.8. The molecule has 1 aliphatic heterocycles. The maximum Gasteiger partial charge on any atom is 0.233 e. The number of thioether (sulfide) groups is 1. The lowest BCUT2D eigenvalue weighted by Crippen LogP contribution is -2.49. The van der Waals surface area contributed by atoms with Crippen molar-refractivity contribution in [2.45, 2.75) is 55.0 Å². The largest absolute Gasteiger partial charge is 0.497 e. The van der Waals surface area contributed by atoms with Crippen LogP contribution >= 0.6 is 11.8 Å². The molecule has 2 fully saturated rings. The van der Waals surface area contributed by atoms with Gasteiger partial charge >= 0.3 is 0 Å². The van der Waals surface area contributed by atoms with Crippen molar-refractivity contribution >= 4 is 17.7 Å². The monoisotopic (exact) mass is 414 g/mol. The molecule has 1 aromatic heterocycles. The van der Waals surface area contributed by atoms with Crippen LogP contribution in [0.4, 0.5) is 0 Å². The van der Waals surface area contributed by atoms with E-state index in [4.69, 9.17) is 4.74 Å². The van der Waals surface area contributed by atoms with Gasteiger partial charge in [0, 0.05) is 26.1 Å². The lowest BCUT2D eigenvalue weighted by atomic mass is 9.77. The van der Waals surface area contributed by atoms with Crippen LogP contribution in [0.5, 0.6) is 5.75 Å². The minimum Gasteiger partial charge on any atom is -0.497 e. The first-order valence-electron chi connectivity index (χ1n) is 10.5. The minimum atomic E-state index is -0.390. The van der Waals surface area contributed by atoms with Crippen molar-refractivity contribution in [1.29, 1.82) is 0 Å². The first-order chi connectivity index (χ1) is 14.1. The van der Waals surface area contributed by atoms with Crippen LogP contribution < -0.4 is 4.74 Å². The highest BCUT2D eigenvalue weighted by Gasteiger charge is 2.46. The molecule has 6 nitrogen and oxygen atoms in total. The van der Waals surface area contributed by atoms with Crippen LogP contribution in [-0.4, -0.2) is 52.0 Å². The van der Waals surface area contributed by atoms with Crippen molar-refractivity contribution in [3.8, 4) is 5.75 Å². The van der Waals surface area contributed by atoms with Gasteiger partial charge in [0.2, 0.25) is 5.91 Å². The number of rotatable bonds is 5. The van der Waals surface area contributed by atoms with Crippen LogP contribution in [0.2, 0.25) is 0 Å². The fourth-order valence-electron chi connectivity index (χ4n) is 5.05. The molecule has 1 saturated carbocycles. The summed E-state index contributed by atoms with van der Waals surface area (Å²) in [6.45, 7) is 1.57. The van der Waals surface area contributed by atoms with Gasteiger partial charge in [-0.25, -0.2) is 0 Å². The van der Waals surface area contributed by atoms with Gasteiger partial charge in [-0.05, 0) is 49.6 Å². The summed E-state index contributed by atoms with van der Waals surface area (Å²) in [5, 5.41) is 9.66. The number of nitrogens with zero attached hydrogens (tertiary/aromatic N) is 4. The highest BCUT2D eigenvalue weighted by molar-refractivity contribution is 7.98. The van der Waals surface area contributed by atoms with E-state index in [1.54, 1.807) is 18.9 Å². The Balaban J connectivity index is 1.58. The Bertz CT molecular complexity index is 858. The van der Waals surface area contributed by atoms with E-state index in [0.717, 1.165) is 73.9 Å². The molecule has 0 bridgehead atoms. The molecule has 2 aliphatic rings. The molecule has 1 saturated heterocycles. The first kappa shape index (κ1) is 20.3. The van der Waals surface area contributed by atoms with Crippen LogP contribution in [0.3, 0.4) is 0 Å². The van der Waals surface area contributed by atoms with Gasteiger partial charge in [-0.2, -0.15) is 0 Å². The molecule has 0 radical (unpaired) electrons. The van der Waals surface area contributed by atoms with E-state index in [1.165, 1.54) is 0 Å². The van der Waals surface area contributed by atoms with Crippen LogP contribution in [-0.2, 0) is 17.3 Å². The molecule has 7 heteroatoms. The Morgan fingerprint density at radius 2 is 1.90 bits per heavy atom. The second-order valence-electron chi connectivity index (χ2n) is 8.21. The molecule has 0 unspecified atom stereocenters. The third-order valence-electron chi connectivity index (χ3n) is 6.63. The number of ether oxygens (including phenoxy) is 1. The third kappa shape index (κ3) is 3.65. The lowest BCUT2D eigenvalue weighted by molar-refractivity contribution is -0.138. The fraction of sp³-hybridized carbons (Fsp3) is 0.591. The number of aromatic nitrogens is 3. The zero-order valence-electron chi connectivity index (χ0n) is 17.6. The van der Waals surface area contributed by atoms with Gasteiger partial charge in [0.15, 0.2) is 5.16 Å². The molecule has 2 heterocycles. The molecule has 29 heavy (non-hydrogen) atoms. The van der Waals surface area contributed by atoms with Gasteiger partial charge < -0.3 is 14.2 Å². The molecule has 156 valence electrons. The van der Waals surface area contributed by atoms with E-state index in [0.29, 0.717) is 0 Å². The van der Waals surface area contributed by atoms with Gasteiger partial charge in [0.05, 0.1) is 12.5 Å². The molecule has 0 spiro atoms. The minimum absolute atomic E-state index is 0.250. The van der Waals surface area contributed by atoms with Crippen molar-refractivity contribution < 1.29 is 9.53 Å².